The summed E-state index contributed by atoms with van der Waals surface area (Å²) in [7, 11) is 0. The topological polar surface area (TPSA) is 52.1 Å². The van der Waals surface area contributed by atoms with E-state index in [-0.39, 0.29) is 20.1 Å². The maximum atomic E-state index is 6.46. The maximum Gasteiger partial charge on any atom is 0.121 e. The summed E-state index contributed by atoms with van der Waals surface area (Å²) >= 11 is -1.89. The molecular weight excluding hydrogens is 961 g/mol. The Labute approximate surface area is 363 Å². The molecule has 3 aliphatic rings. The number of aryl methyl sites for hydroxylation is 1. The molecule has 1 radical (unpaired) electrons. The van der Waals surface area contributed by atoms with E-state index in [1.54, 1.807) is 0 Å². The molecule has 0 N–H and O–H groups in total. The van der Waals surface area contributed by atoms with Crippen molar-refractivity contribution in [2.45, 2.75) is 62.7 Å². The van der Waals surface area contributed by atoms with Crippen LogP contribution in [0.3, 0.4) is 0 Å². The summed E-state index contributed by atoms with van der Waals surface area (Å²) < 4.78 is 14.0. The number of fused-ring (bicyclic) bond motifs is 9. The first-order valence-corrected chi connectivity index (χ1v) is 28.3. The van der Waals surface area contributed by atoms with Gasteiger partial charge in [-0.3, -0.25) is 0 Å². The van der Waals surface area contributed by atoms with Gasteiger partial charge in [0.05, 0.1) is 5.58 Å². The molecule has 3 fully saturated rings. The Morgan fingerprint density at radius 3 is 1.98 bits per heavy atom. The molecule has 0 spiro atoms. The molecule has 0 amide bonds. The first kappa shape index (κ1) is 39.6. The predicted molar refractivity (Wildman–Crippen MR) is 242 cm³/mol. The zero-order chi connectivity index (χ0) is 39.4. The summed E-state index contributed by atoms with van der Waals surface area (Å²) in [5, 5.41) is 4.52. The van der Waals surface area contributed by atoms with Crippen molar-refractivity contribution in [3.05, 3.63) is 151 Å². The van der Waals surface area contributed by atoms with Gasteiger partial charge < -0.3 is 9.40 Å². The van der Waals surface area contributed by atoms with E-state index in [9.17, 15) is 0 Å². The molecule has 0 aliphatic heterocycles. The summed E-state index contributed by atoms with van der Waals surface area (Å²) in [6.07, 6.45) is 12.4. The van der Waals surface area contributed by atoms with Gasteiger partial charge >= 0.3 is 145 Å². The fourth-order valence-electron chi connectivity index (χ4n) is 9.91. The third-order valence-corrected chi connectivity index (χ3v) is 17.3. The fourth-order valence-corrected chi connectivity index (χ4v) is 13.5. The van der Waals surface area contributed by atoms with Gasteiger partial charge in [-0.2, -0.15) is 0 Å². The number of aromatic nitrogens is 2. The molecule has 297 valence electrons. The SMILES string of the molecule is Cc1cc(-c2[c-]ccc3c2oc2ccccc23)nc[c]1[Ge]([CH3])([CH3])[CH3].[Ir].[c-]1ccc2c(oc3cc(-c4ccccc4)ccc32)c1-c1cc(CC2CC3CCC2CC3)ccn1. The standard InChI is InChI=1S/C32H28NO.C21H20GeNO.Ir/c1-2-5-23(6-3-1)25-13-14-27-28-7-4-8-29(32(28)34-31(27)20-25)30-19-22(15-16-33-30)18-26-17-21-9-11-24(26)12-10-21;1-14-12-19(23-13-18(14)22(2,3)4)17-10-7-9-16-15-8-5-6-11-20(15)24-21(16)17;/h1-7,13-16,19-21,24,26H,9-12,17-18H2;5-9,11-13H,1-4H3;/q2*-1;. The number of pyridine rings is 2. The normalized spacial score (nSPS) is 17.6. The van der Waals surface area contributed by atoms with Crippen LogP contribution in [0.5, 0.6) is 0 Å². The monoisotopic (exact) mass is 1010 g/mol. The van der Waals surface area contributed by atoms with Crippen LogP contribution in [-0.4, -0.2) is 23.2 Å². The van der Waals surface area contributed by atoms with E-state index in [0.717, 1.165) is 84.1 Å². The summed E-state index contributed by atoms with van der Waals surface area (Å²) in [5.74, 6) is 9.92. The molecule has 0 saturated heterocycles. The van der Waals surface area contributed by atoms with E-state index in [2.05, 4.69) is 121 Å². The van der Waals surface area contributed by atoms with Crippen molar-refractivity contribution in [2.24, 2.45) is 17.8 Å². The van der Waals surface area contributed by atoms with E-state index in [0.29, 0.717) is 0 Å². The minimum absolute atomic E-state index is 0. The minimum Gasteiger partial charge on any atom is -0.501 e. The van der Waals surface area contributed by atoms with Crippen LogP contribution in [0.4, 0.5) is 0 Å². The van der Waals surface area contributed by atoms with Crippen LogP contribution in [0.25, 0.3) is 77.5 Å². The maximum absolute atomic E-state index is 6.46. The van der Waals surface area contributed by atoms with Crippen molar-refractivity contribution in [2.75, 3.05) is 0 Å². The van der Waals surface area contributed by atoms with Crippen molar-refractivity contribution < 1.29 is 28.9 Å². The average molecular weight is 1010 g/mol. The molecule has 2 bridgehead atoms. The van der Waals surface area contributed by atoms with E-state index < -0.39 is 13.3 Å². The number of furan rings is 2. The van der Waals surface area contributed by atoms with Crippen LogP contribution in [0.1, 0.15) is 43.2 Å². The smallest absolute Gasteiger partial charge is 0.121 e. The Morgan fingerprint density at radius 1 is 0.644 bits per heavy atom. The Balaban J connectivity index is 0.000000159. The predicted octanol–water partition coefficient (Wildman–Crippen LogP) is 13.8. The fraction of sp³-hybridized carbons (Fsp3) is 0.245. The van der Waals surface area contributed by atoms with Gasteiger partial charge in [-0.05, 0) is 72.4 Å². The van der Waals surface area contributed by atoms with Crippen molar-refractivity contribution >= 4 is 61.5 Å². The van der Waals surface area contributed by atoms with E-state index in [1.165, 1.54) is 65.2 Å². The van der Waals surface area contributed by atoms with E-state index in [1.807, 2.05) is 42.6 Å². The van der Waals surface area contributed by atoms with Crippen LogP contribution in [0, 0.1) is 36.8 Å². The molecule has 9 aromatic rings. The van der Waals surface area contributed by atoms with Crippen LogP contribution < -0.4 is 4.40 Å². The molecule has 3 aliphatic carbocycles. The van der Waals surface area contributed by atoms with Gasteiger partial charge in [-0.15, -0.1) is 18.2 Å². The molecular formula is C53H48GeIrN2O2-2. The van der Waals surface area contributed by atoms with Gasteiger partial charge in [0.2, 0.25) is 0 Å². The molecule has 4 aromatic heterocycles. The van der Waals surface area contributed by atoms with Crippen LogP contribution in [0.15, 0.2) is 136 Å². The van der Waals surface area contributed by atoms with Crippen LogP contribution in [-0.2, 0) is 26.5 Å². The van der Waals surface area contributed by atoms with Crippen molar-refractivity contribution in [1.82, 2.24) is 9.97 Å². The largest absolute Gasteiger partial charge is 0.501 e. The number of nitrogens with zero attached hydrogens (tertiary/aromatic N) is 2. The van der Waals surface area contributed by atoms with Gasteiger partial charge in [0, 0.05) is 31.7 Å². The molecule has 1 atom stereocenters. The first-order valence-electron chi connectivity index (χ1n) is 20.9. The second-order valence-corrected chi connectivity index (χ2v) is 28.2. The van der Waals surface area contributed by atoms with Gasteiger partial charge in [0.15, 0.2) is 0 Å². The van der Waals surface area contributed by atoms with Gasteiger partial charge in [-0.25, -0.2) is 0 Å². The number of benzene rings is 5. The number of para-hydroxylation sites is 1. The van der Waals surface area contributed by atoms with Gasteiger partial charge in [0.25, 0.3) is 0 Å². The molecule has 4 heterocycles. The first-order chi connectivity index (χ1) is 28.3. The summed E-state index contributed by atoms with van der Waals surface area (Å²) in [6.45, 7) is 2.19. The van der Waals surface area contributed by atoms with Crippen LogP contribution in [0.2, 0.25) is 17.3 Å². The molecule has 4 nitrogen and oxygen atoms in total. The van der Waals surface area contributed by atoms with E-state index >= 15 is 0 Å². The second kappa shape index (κ2) is 16.3. The third-order valence-electron chi connectivity index (χ3n) is 12.8. The molecule has 6 heteroatoms. The van der Waals surface area contributed by atoms with Crippen LogP contribution >= 0.6 is 0 Å². The molecule has 1 unspecified atom stereocenters. The van der Waals surface area contributed by atoms with Gasteiger partial charge in [0.1, 0.15) is 5.58 Å². The summed E-state index contributed by atoms with van der Waals surface area (Å²) in [4.78, 5) is 9.50. The van der Waals surface area contributed by atoms with Crippen molar-refractivity contribution in [1.29, 1.82) is 0 Å². The van der Waals surface area contributed by atoms with Crippen molar-refractivity contribution in [3.63, 3.8) is 0 Å². The Hall–Kier alpha value is -4.81. The quantitative estimate of drug-likeness (QED) is 0.123. The molecule has 12 rings (SSSR count). The second-order valence-electron chi connectivity index (χ2n) is 17.6. The molecule has 3 saturated carbocycles. The minimum atomic E-state index is -1.89. The number of rotatable bonds is 6. The average Bonchev–Trinajstić information content (AvgIpc) is 3.83. The Kier molecular flexibility index (Phi) is 11.0. The summed E-state index contributed by atoms with van der Waals surface area (Å²) in [6, 6.07) is 46.7. The van der Waals surface area contributed by atoms with E-state index in [4.69, 9.17) is 18.8 Å². The summed E-state index contributed by atoms with van der Waals surface area (Å²) in [5.41, 5.74) is 12.5. The van der Waals surface area contributed by atoms with Crippen molar-refractivity contribution in [3.8, 4) is 33.6 Å². The van der Waals surface area contributed by atoms with Gasteiger partial charge in [-0.1, -0.05) is 77.9 Å². The Bertz CT molecular complexity index is 2940. The zero-order valence-corrected chi connectivity index (χ0v) is 38.6. The third kappa shape index (κ3) is 7.74. The number of hydrogen-bond donors (Lipinski definition) is 0. The molecule has 59 heavy (non-hydrogen) atoms. The molecule has 5 aromatic carbocycles. The zero-order valence-electron chi connectivity index (χ0n) is 34.1. The Morgan fingerprint density at radius 2 is 1.31 bits per heavy atom. The number of hydrogen-bond acceptors (Lipinski definition) is 4.